The van der Waals surface area contributed by atoms with E-state index in [2.05, 4.69) is 26.9 Å². The zero-order chi connectivity index (χ0) is 21.4. The van der Waals surface area contributed by atoms with Crippen molar-refractivity contribution in [3.63, 3.8) is 0 Å². The third-order valence-corrected chi connectivity index (χ3v) is 6.50. The van der Waals surface area contributed by atoms with E-state index in [4.69, 9.17) is 9.68 Å². The molecule has 7 heteroatoms. The van der Waals surface area contributed by atoms with Gasteiger partial charge >= 0.3 is 0 Å². The van der Waals surface area contributed by atoms with E-state index in [1.54, 1.807) is 12.5 Å². The van der Waals surface area contributed by atoms with Crippen LogP contribution in [0.5, 0.6) is 0 Å². The van der Waals surface area contributed by atoms with Gasteiger partial charge in [0.15, 0.2) is 0 Å². The second-order valence-corrected chi connectivity index (χ2v) is 9.03. The number of aromatic amines is 1. The number of aromatic nitrogens is 2. The minimum absolute atomic E-state index is 0.156. The third-order valence-electron chi connectivity index (χ3n) is 6.50. The zero-order valence-electron chi connectivity index (χ0n) is 17.8. The molecule has 31 heavy (non-hydrogen) atoms. The predicted octanol–water partition coefficient (Wildman–Crippen LogP) is 2.89. The molecule has 0 amide bonds. The molecule has 3 aromatic rings. The lowest BCUT2D eigenvalue weighted by atomic mass is 9.83. The summed E-state index contributed by atoms with van der Waals surface area (Å²) >= 11 is 0. The maximum Gasteiger partial charge on any atom is 0.255 e. The summed E-state index contributed by atoms with van der Waals surface area (Å²) in [5, 5.41) is 9.03. The molecule has 2 aliphatic rings. The maximum atomic E-state index is 13.3. The van der Waals surface area contributed by atoms with Crippen LogP contribution in [0.15, 0.2) is 52.2 Å². The second kappa shape index (κ2) is 8.22. The Kier molecular flexibility index (Phi) is 5.26. The van der Waals surface area contributed by atoms with Crippen LogP contribution in [0.1, 0.15) is 40.4 Å². The standard InChI is InChI=1S/C24H27N5O2/c1-27(10-17-4-5-31-16-17)14-20-2-3-23-21-6-19(13-29(23)24(20)30)12-28(15-21)11-18-7-22(8-25)26-9-18/h2-5,7,9,16,19,21,26H,6,10-15H2,1H3/t19-,21+/m0/s1. The molecule has 0 saturated carbocycles. The van der Waals surface area contributed by atoms with Gasteiger partial charge < -0.3 is 14.0 Å². The fraction of sp³-hybridized carbons (Fsp3) is 0.417. The molecule has 0 unspecified atom stereocenters. The van der Waals surface area contributed by atoms with Gasteiger partial charge in [0.1, 0.15) is 11.8 Å². The van der Waals surface area contributed by atoms with Gasteiger partial charge in [-0.2, -0.15) is 5.26 Å². The highest BCUT2D eigenvalue weighted by Gasteiger charge is 2.35. The summed E-state index contributed by atoms with van der Waals surface area (Å²) in [7, 11) is 2.03. The lowest BCUT2D eigenvalue weighted by molar-refractivity contribution is 0.114. The van der Waals surface area contributed by atoms with E-state index in [1.165, 1.54) is 5.69 Å². The number of furan rings is 1. The molecule has 3 aromatic heterocycles. The van der Waals surface area contributed by atoms with Crippen molar-refractivity contribution >= 4 is 0 Å². The lowest BCUT2D eigenvalue weighted by Crippen LogP contribution is -2.47. The van der Waals surface area contributed by atoms with Gasteiger partial charge in [0.2, 0.25) is 0 Å². The van der Waals surface area contributed by atoms with Crippen LogP contribution in [-0.4, -0.2) is 39.5 Å². The van der Waals surface area contributed by atoms with Crippen molar-refractivity contribution in [2.45, 2.75) is 38.5 Å². The summed E-state index contributed by atoms with van der Waals surface area (Å²) in [6, 6.07) is 10.2. The molecule has 1 fully saturated rings. The smallest absolute Gasteiger partial charge is 0.255 e. The lowest BCUT2D eigenvalue weighted by Gasteiger charge is -2.43. The van der Waals surface area contributed by atoms with Crippen molar-refractivity contribution in [3.05, 3.63) is 81.4 Å². The number of pyridine rings is 1. The average Bonchev–Trinajstić information content (AvgIpc) is 3.42. The van der Waals surface area contributed by atoms with E-state index in [-0.39, 0.29) is 5.56 Å². The number of nitrogens with one attached hydrogen (secondary N) is 1. The van der Waals surface area contributed by atoms with E-state index in [1.807, 2.05) is 36.0 Å². The number of piperidine rings is 1. The van der Waals surface area contributed by atoms with E-state index in [9.17, 15) is 4.79 Å². The number of H-pyrrole nitrogens is 1. The van der Waals surface area contributed by atoms with Crippen molar-refractivity contribution in [1.29, 1.82) is 5.26 Å². The molecule has 0 radical (unpaired) electrons. The van der Waals surface area contributed by atoms with Crippen molar-refractivity contribution in [1.82, 2.24) is 19.4 Å². The van der Waals surface area contributed by atoms with Gasteiger partial charge in [0.25, 0.3) is 5.56 Å². The summed E-state index contributed by atoms with van der Waals surface area (Å²) in [6.45, 7) is 4.94. The molecule has 0 aliphatic carbocycles. The van der Waals surface area contributed by atoms with Crippen molar-refractivity contribution in [3.8, 4) is 6.07 Å². The van der Waals surface area contributed by atoms with Gasteiger partial charge in [-0.05, 0) is 43.1 Å². The Hall–Kier alpha value is -3.08. The second-order valence-electron chi connectivity index (χ2n) is 9.03. The molecule has 7 nitrogen and oxygen atoms in total. The quantitative estimate of drug-likeness (QED) is 0.667. The van der Waals surface area contributed by atoms with Crippen molar-refractivity contribution in [2.24, 2.45) is 5.92 Å². The minimum atomic E-state index is 0.156. The van der Waals surface area contributed by atoms with Crippen LogP contribution in [0.4, 0.5) is 0 Å². The Bertz CT molecular complexity index is 1150. The summed E-state index contributed by atoms with van der Waals surface area (Å²) in [5.41, 5.74) is 5.03. The van der Waals surface area contributed by atoms with E-state index in [0.717, 1.165) is 55.8 Å². The number of hydrogen-bond acceptors (Lipinski definition) is 5. The SMILES string of the molecule is CN(Cc1ccoc1)Cc1ccc2n(c1=O)C[C@H]1C[C@@H]2CN(Cc2c[nH]c(C#N)c2)C1. The normalized spacial score (nSPS) is 20.5. The highest BCUT2D eigenvalue weighted by Crippen LogP contribution is 2.35. The number of fused-ring (bicyclic) bond motifs is 4. The van der Waals surface area contributed by atoms with Crippen LogP contribution in [0.25, 0.3) is 0 Å². The Balaban J connectivity index is 1.30. The van der Waals surface area contributed by atoms with Crippen molar-refractivity contribution < 1.29 is 4.42 Å². The van der Waals surface area contributed by atoms with Crippen LogP contribution in [0, 0.1) is 17.2 Å². The maximum absolute atomic E-state index is 13.3. The fourth-order valence-electron chi connectivity index (χ4n) is 5.23. The number of rotatable bonds is 6. The Morgan fingerprint density at radius 2 is 2.13 bits per heavy atom. The molecule has 5 heterocycles. The van der Waals surface area contributed by atoms with Gasteiger partial charge in [-0.1, -0.05) is 6.07 Å². The zero-order valence-corrected chi connectivity index (χ0v) is 17.8. The molecule has 2 aliphatic heterocycles. The molecule has 160 valence electrons. The number of nitriles is 1. The topological polar surface area (TPSA) is 81.2 Å². The van der Waals surface area contributed by atoms with E-state index < -0.39 is 0 Å². The average molecular weight is 418 g/mol. The number of likely N-dealkylation sites (tertiary alicyclic amines) is 1. The Labute approximate surface area is 181 Å². The van der Waals surface area contributed by atoms with E-state index in [0.29, 0.717) is 24.1 Å². The summed E-state index contributed by atoms with van der Waals surface area (Å²) in [6.07, 6.45) is 6.50. The summed E-state index contributed by atoms with van der Waals surface area (Å²) in [5.74, 6) is 0.865. The van der Waals surface area contributed by atoms with Gasteiger partial charge in [0.05, 0.1) is 12.5 Å². The molecule has 0 spiro atoms. The van der Waals surface area contributed by atoms with Gasteiger partial charge in [-0.3, -0.25) is 14.6 Å². The van der Waals surface area contributed by atoms with Gasteiger partial charge in [-0.25, -0.2) is 0 Å². The van der Waals surface area contributed by atoms with Gasteiger partial charge in [0, 0.05) is 68.2 Å². The third kappa shape index (κ3) is 4.09. The predicted molar refractivity (Wildman–Crippen MR) is 116 cm³/mol. The molecule has 2 bridgehead atoms. The summed E-state index contributed by atoms with van der Waals surface area (Å²) < 4.78 is 7.18. The Morgan fingerprint density at radius 1 is 1.23 bits per heavy atom. The largest absolute Gasteiger partial charge is 0.472 e. The first-order chi connectivity index (χ1) is 15.1. The van der Waals surface area contributed by atoms with Crippen LogP contribution >= 0.6 is 0 Å². The van der Waals surface area contributed by atoms with E-state index >= 15 is 0 Å². The molecule has 1 N–H and O–H groups in total. The first-order valence-corrected chi connectivity index (χ1v) is 10.8. The van der Waals surface area contributed by atoms with Crippen LogP contribution in [0.2, 0.25) is 0 Å². The Morgan fingerprint density at radius 3 is 2.90 bits per heavy atom. The monoisotopic (exact) mass is 417 g/mol. The fourth-order valence-corrected chi connectivity index (χ4v) is 5.23. The highest BCUT2D eigenvalue weighted by molar-refractivity contribution is 5.27. The van der Waals surface area contributed by atoms with Crippen LogP contribution in [-0.2, 0) is 26.2 Å². The molecule has 1 saturated heterocycles. The first-order valence-electron chi connectivity index (χ1n) is 10.8. The number of hydrogen-bond donors (Lipinski definition) is 1. The highest BCUT2D eigenvalue weighted by atomic mass is 16.3. The van der Waals surface area contributed by atoms with Crippen LogP contribution in [0.3, 0.4) is 0 Å². The molecular weight excluding hydrogens is 390 g/mol. The first kappa shape index (κ1) is 19.9. The van der Waals surface area contributed by atoms with Gasteiger partial charge in [-0.15, -0.1) is 0 Å². The number of nitrogens with zero attached hydrogens (tertiary/aromatic N) is 4. The molecule has 0 aromatic carbocycles. The minimum Gasteiger partial charge on any atom is -0.472 e. The molecule has 2 atom stereocenters. The molecule has 5 rings (SSSR count). The van der Waals surface area contributed by atoms with Crippen LogP contribution < -0.4 is 5.56 Å². The van der Waals surface area contributed by atoms with Crippen molar-refractivity contribution in [2.75, 3.05) is 20.1 Å². The molecular formula is C24H27N5O2. The summed E-state index contributed by atoms with van der Waals surface area (Å²) in [4.78, 5) is 20.9.